The van der Waals surface area contributed by atoms with E-state index in [-0.39, 0.29) is 20.3 Å². The first-order chi connectivity index (χ1) is 14.7. The van der Waals surface area contributed by atoms with Gasteiger partial charge in [0.15, 0.2) is 0 Å². The highest BCUT2D eigenvalue weighted by molar-refractivity contribution is 8.26. The molecular formula is C20H23N5O4S2. The monoisotopic (exact) mass is 461 g/mol. The first-order valence-electron chi connectivity index (χ1n) is 9.77. The lowest BCUT2D eigenvalue weighted by Crippen LogP contribution is -2.48. The van der Waals surface area contributed by atoms with Crippen molar-refractivity contribution in [3.05, 3.63) is 31.9 Å². The van der Waals surface area contributed by atoms with Crippen molar-refractivity contribution in [3.8, 4) is 6.07 Å². The van der Waals surface area contributed by atoms with Gasteiger partial charge in [0.25, 0.3) is 11.5 Å². The van der Waals surface area contributed by atoms with Gasteiger partial charge in [-0.25, -0.2) is 0 Å². The summed E-state index contributed by atoms with van der Waals surface area (Å²) in [5.41, 5.74) is 0.718. The highest BCUT2D eigenvalue weighted by Crippen LogP contribution is 2.35. The third-order valence-corrected chi connectivity index (χ3v) is 6.91. The smallest absolute Gasteiger partial charge is 0.323 e. The number of carbonyl (C=O) groups is 2. The lowest BCUT2D eigenvalue weighted by molar-refractivity contribution is -0.140. The second kappa shape index (κ2) is 9.21. The molecule has 0 bridgehead atoms. The van der Waals surface area contributed by atoms with Crippen molar-refractivity contribution < 1.29 is 14.7 Å². The molecule has 1 amide bonds. The number of carboxylic acid groups (broad SMARTS) is 1. The number of thioether (sulfide) groups is 1. The molecule has 9 nitrogen and oxygen atoms in total. The van der Waals surface area contributed by atoms with Crippen molar-refractivity contribution in [1.29, 1.82) is 5.26 Å². The molecule has 0 aliphatic carbocycles. The van der Waals surface area contributed by atoms with Gasteiger partial charge in [-0.3, -0.25) is 23.9 Å². The summed E-state index contributed by atoms with van der Waals surface area (Å²) in [7, 11) is 1.62. The third-order valence-electron chi connectivity index (χ3n) is 5.53. The number of carbonyl (C=O) groups excluding carboxylic acids is 1. The fourth-order valence-corrected chi connectivity index (χ4v) is 5.01. The van der Waals surface area contributed by atoms with Gasteiger partial charge in [-0.1, -0.05) is 30.9 Å². The molecule has 31 heavy (non-hydrogen) atoms. The molecule has 1 aromatic rings. The summed E-state index contributed by atoms with van der Waals surface area (Å²) >= 11 is 6.20. The van der Waals surface area contributed by atoms with Crippen molar-refractivity contribution >= 4 is 52.1 Å². The Kier molecular flexibility index (Phi) is 6.83. The zero-order valence-corrected chi connectivity index (χ0v) is 19.2. The van der Waals surface area contributed by atoms with Crippen LogP contribution in [0.1, 0.15) is 23.6 Å². The molecule has 0 aromatic carbocycles. The van der Waals surface area contributed by atoms with Crippen LogP contribution >= 0.6 is 24.0 Å². The van der Waals surface area contributed by atoms with E-state index in [1.165, 1.54) is 4.57 Å². The molecule has 1 N–H and O–H groups in total. The van der Waals surface area contributed by atoms with E-state index < -0.39 is 18.4 Å². The maximum absolute atomic E-state index is 12.8. The van der Waals surface area contributed by atoms with Crippen LogP contribution in [0, 0.1) is 18.3 Å². The average molecular weight is 462 g/mol. The number of aromatic nitrogens is 1. The topological polar surface area (TPSA) is 110 Å². The van der Waals surface area contributed by atoms with Gasteiger partial charge in [0.05, 0.1) is 4.91 Å². The van der Waals surface area contributed by atoms with Gasteiger partial charge in [-0.2, -0.15) is 5.26 Å². The van der Waals surface area contributed by atoms with Crippen LogP contribution in [-0.4, -0.2) is 74.9 Å². The summed E-state index contributed by atoms with van der Waals surface area (Å²) in [4.78, 5) is 42.4. The molecule has 2 fully saturated rings. The standard InChI is InChI=1S/C20H23N5O4S2/c1-4-23-5-7-24(8-6-23)17-13(12(2)14(10-21)18(28)22(17)3)9-15-19(29)25(11-16(26)27)20(30)31-15/h9H,4-8,11H2,1-3H3,(H,26,27)/b15-9-. The number of hydrogen-bond donors (Lipinski definition) is 1. The first kappa shape index (κ1) is 23.0. The number of pyridine rings is 1. The maximum atomic E-state index is 12.8. The number of nitriles is 1. The fourth-order valence-electron chi connectivity index (χ4n) is 3.77. The molecule has 3 heterocycles. The number of piperazine rings is 1. The highest BCUT2D eigenvalue weighted by Gasteiger charge is 2.34. The molecule has 0 spiro atoms. The van der Waals surface area contributed by atoms with E-state index in [1.54, 1.807) is 20.0 Å². The summed E-state index contributed by atoms with van der Waals surface area (Å²) in [6.45, 7) is 7.30. The summed E-state index contributed by atoms with van der Waals surface area (Å²) in [5, 5.41) is 18.6. The Morgan fingerprint density at radius 2 is 1.94 bits per heavy atom. The van der Waals surface area contributed by atoms with Crippen LogP contribution < -0.4 is 10.5 Å². The number of aliphatic carboxylic acids is 1. The van der Waals surface area contributed by atoms with Gasteiger partial charge >= 0.3 is 5.97 Å². The minimum atomic E-state index is -1.16. The molecule has 0 radical (unpaired) electrons. The molecule has 3 rings (SSSR count). The largest absolute Gasteiger partial charge is 0.480 e. The van der Waals surface area contributed by atoms with E-state index >= 15 is 0 Å². The number of rotatable bonds is 5. The van der Waals surface area contributed by atoms with Gasteiger partial charge < -0.3 is 14.9 Å². The van der Waals surface area contributed by atoms with Gasteiger partial charge in [0.1, 0.15) is 28.3 Å². The van der Waals surface area contributed by atoms with E-state index in [4.69, 9.17) is 17.3 Å². The Balaban J connectivity index is 2.12. The Labute approximate surface area is 189 Å². The number of nitrogens with zero attached hydrogens (tertiary/aromatic N) is 5. The van der Waals surface area contributed by atoms with Crippen molar-refractivity contribution in [2.24, 2.45) is 7.05 Å². The number of anilines is 1. The van der Waals surface area contributed by atoms with Crippen molar-refractivity contribution in [3.63, 3.8) is 0 Å². The Morgan fingerprint density at radius 3 is 2.48 bits per heavy atom. The van der Waals surface area contributed by atoms with E-state index in [2.05, 4.69) is 16.7 Å². The predicted molar refractivity (Wildman–Crippen MR) is 123 cm³/mol. The lowest BCUT2D eigenvalue weighted by Gasteiger charge is -2.37. The minimum Gasteiger partial charge on any atom is -0.480 e. The normalized spacial score (nSPS) is 18.7. The summed E-state index contributed by atoms with van der Waals surface area (Å²) in [6.07, 6.45) is 1.62. The van der Waals surface area contributed by atoms with Crippen LogP contribution in [-0.2, 0) is 16.6 Å². The second-order valence-corrected chi connectivity index (χ2v) is 8.97. The molecule has 2 aliphatic heterocycles. The van der Waals surface area contributed by atoms with Gasteiger partial charge in [-0.15, -0.1) is 0 Å². The molecule has 164 valence electrons. The van der Waals surface area contributed by atoms with Crippen LogP contribution in [0.4, 0.5) is 5.82 Å². The molecule has 0 unspecified atom stereocenters. The molecule has 1 aromatic heterocycles. The highest BCUT2D eigenvalue weighted by atomic mass is 32.2. The molecule has 2 aliphatic rings. The number of hydrogen-bond acceptors (Lipinski definition) is 8. The first-order valence-corrected chi connectivity index (χ1v) is 11.0. The molecule has 0 saturated carbocycles. The van der Waals surface area contributed by atoms with Crippen molar-refractivity contribution in [2.45, 2.75) is 13.8 Å². The zero-order chi connectivity index (χ0) is 22.9. The molecule has 2 saturated heterocycles. The van der Waals surface area contributed by atoms with Crippen molar-refractivity contribution in [2.75, 3.05) is 44.2 Å². The molecule has 11 heteroatoms. The van der Waals surface area contributed by atoms with E-state index in [0.717, 1.165) is 36.3 Å². The summed E-state index contributed by atoms with van der Waals surface area (Å²) in [5.74, 6) is -1.01. The summed E-state index contributed by atoms with van der Waals surface area (Å²) in [6, 6.07) is 1.98. The average Bonchev–Trinajstić information content (AvgIpc) is 3.00. The van der Waals surface area contributed by atoms with E-state index in [1.807, 2.05) is 6.07 Å². The minimum absolute atomic E-state index is 0.0192. The predicted octanol–water partition coefficient (Wildman–Crippen LogP) is 0.993. The lowest BCUT2D eigenvalue weighted by atomic mass is 10.0. The van der Waals surface area contributed by atoms with Crippen LogP contribution in [0.3, 0.4) is 0 Å². The number of likely N-dealkylation sites (N-methyl/N-ethyl adjacent to an activating group) is 1. The Hall–Kier alpha value is -2.68. The second-order valence-electron chi connectivity index (χ2n) is 7.30. The molecule has 0 atom stereocenters. The maximum Gasteiger partial charge on any atom is 0.323 e. The number of carboxylic acids is 1. The zero-order valence-electron chi connectivity index (χ0n) is 17.5. The Morgan fingerprint density at radius 1 is 1.29 bits per heavy atom. The third kappa shape index (κ3) is 4.37. The van der Waals surface area contributed by atoms with Crippen LogP contribution in [0.2, 0.25) is 0 Å². The van der Waals surface area contributed by atoms with Crippen LogP contribution in [0.25, 0.3) is 6.08 Å². The number of thiocarbonyl (C=S) groups is 1. The summed E-state index contributed by atoms with van der Waals surface area (Å²) < 4.78 is 1.62. The fraction of sp³-hybridized carbons (Fsp3) is 0.450. The van der Waals surface area contributed by atoms with E-state index in [0.29, 0.717) is 30.0 Å². The molecular weight excluding hydrogens is 438 g/mol. The van der Waals surface area contributed by atoms with Crippen molar-refractivity contribution in [1.82, 2.24) is 14.4 Å². The SMILES string of the molecule is CCN1CCN(c2c(/C=C3\SC(=S)N(CC(=O)O)C3=O)c(C)c(C#N)c(=O)n2C)CC1. The van der Waals surface area contributed by atoms with Crippen LogP contribution in [0.5, 0.6) is 0 Å². The Bertz CT molecular complexity index is 1080. The van der Waals surface area contributed by atoms with E-state index in [9.17, 15) is 19.6 Å². The van der Waals surface area contributed by atoms with Gasteiger partial charge in [0, 0.05) is 38.8 Å². The number of amides is 1. The quantitative estimate of drug-likeness (QED) is 0.507. The van der Waals surface area contributed by atoms with Gasteiger partial charge in [0.2, 0.25) is 0 Å². The van der Waals surface area contributed by atoms with Gasteiger partial charge in [-0.05, 0) is 25.1 Å². The van der Waals surface area contributed by atoms with Crippen LogP contribution in [0.15, 0.2) is 9.70 Å².